The number of para-hydroxylation sites is 1. The van der Waals surface area contributed by atoms with Crippen LogP contribution < -0.4 is 9.47 Å². The first-order chi connectivity index (χ1) is 8.78. The molecule has 1 fully saturated rings. The predicted molar refractivity (Wildman–Crippen MR) is 66.3 cm³/mol. The molecule has 1 atom stereocenters. The molecular weight excluding hydrogens is 230 g/mol. The molecule has 0 bridgehead atoms. The Morgan fingerprint density at radius 3 is 3.11 bits per heavy atom. The van der Waals surface area contributed by atoms with E-state index in [4.69, 9.17) is 9.47 Å². The summed E-state index contributed by atoms with van der Waals surface area (Å²) in [4.78, 5) is 13.7. The molecule has 1 aromatic carbocycles. The Kier molecular flexibility index (Phi) is 2.70. The third-order valence-electron chi connectivity index (χ3n) is 3.42. The van der Waals surface area contributed by atoms with Gasteiger partial charge in [0.25, 0.3) is 0 Å². The number of fused-ring (bicyclic) bond motifs is 1. The number of amides is 1. The normalized spacial score (nSPS) is 21.4. The first-order valence-corrected chi connectivity index (χ1v) is 6.05. The number of benzene rings is 1. The van der Waals surface area contributed by atoms with Crippen molar-refractivity contribution in [2.75, 3.05) is 13.3 Å². The molecule has 0 saturated carbocycles. The highest BCUT2D eigenvalue weighted by atomic mass is 16.7. The van der Waals surface area contributed by atoms with E-state index in [0.717, 1.165) is 23.6 Å². The highest BCUT2D eigenvalue weighted by Gasteiger charge is 2.29. The van der Waals surface area contributed by atoms with Crippen LogP contribution in [0.1, 0.15) is 12.0 Å². The largest absolute Gasteiger partial charge is 0.454 e. The van der Waals surface area contributed by atoms with E-state index in [1.165, 1.54) is 0 Å². The van der Waals surface area contributed by atoms with Gasteiger partial charge in [-0.1, -0.05) is 18.2 Å². The van der Waals surface area contributed by atoms with Gasteiger partial charge in [0.15, 0.2) is 11.5 Å². The van der Waals surface area contributed by atoms with Gasteiger partial charge < -0.3 is 14.4 Å². The maximum atomic E-state index is 11.9. The molecule has 0 radical (unpaired) electrons. The number of carbonyl (C=O) groups excluding carboxylic acids is 1. The van der Waals surface area contributed by atoms with Crippen LogP contribution in [0, 0.1) is 5.92 Å². The lowest BCUT2D eigenvalue weighted by molar-refractivity contribution is -0.128. The molecule has 0 spiro atoms. The lowest BCUT2D eigenvalue weighted by Crippen LogP contribution is -2.24. The van der Waals surface area contributed by atoms with Crippen LogP contribution in [0.4, 0.5) is 0 Å². The molecule has 4 nitrogen and oxygen atoms in total. The van der Waals surface area contributed by atoms with E-state index >= 15 is 0 Å². The summed E-state index contributed by atoms with van der Waals surface area (Å²) in [5.74, 6) is 1.98. The fourth-order valence-electron chi connectivity index (χ4n) is 2.43. The molecule has 4 heteroatoms. The number of hydrogen-bond acceptors (Lipinski definition) is 3. The summed E-state index contributed by atoms with van der Waals surface area (Å²) < 4.78 is 10.8. The number of nitrogens with zero attached hydrogens (tertiary/aromatic N) is 1. The van der Waals surface area contributed by atoms with Gasteiger partial charge in [0, 0.05) is 31.0 Å². The number of likely N-dealkylation sites (tertiary alicyclic amines) is 1. The predicted octanol–water partition coefficient (Wildman–Crippen LogP) is 1.95. The molecule has 94 valence electrons. The summed E-state index contributed by atoms with van der Waals surface area (Å²) in [6.07, 6.45) is 2.42. The second-order valence-electron chi connectivity index (χ2n) is 4.63. The summed E-state index contributed by atoms with van der Waals surface area (Å²) >= 11 is 0. The van der Waals surface area contributed by atoms with Gasteiger partial charge in [-0.15, -0.1) is 6.58 Å². The summed E-state index contributed by atoms with van der Waals surface area (Å²) in [6.45, 7) is 5.33. The maximum Gasteiger partial charge on any atom is 0.231 e. The van der Waals surface area contributed by atoms with Crippen LogP contribution in [-0.2, 0) is 11.3 Å². The second-order valence-corrected chi connectivity index (χ2v) is 4.63. The van der Waals surface area contributed by atoms with Crippen molar-refractivity contribution >= 4 is 5.91 Å². The van der Waals surface area contributed by atoms with Gasteiger partial charge in [-0.2, -0.15) is 0 Å². The van der Waals surface area contributed by atoms with E-state index < -0.39 is 0 Å². The molecule has 0 aliphatic carbocycles. The average Bonchev–Trinajstić information content (AvgIpc) is 2.97. The highest BCUT2D eigenvalue weighted by Crippen LogP contribution is 2.36. The first kappa shape index (κ1) is 11.1. The number of ether oxygens (including phenoxy) is 2. The zero-order chi connectivity index (χ0) is 12.5. The van der Waals surface area contributed by atoms with Gasteiger partial charge in [0.2, 0.25) is 12.7 Å². The quantitative estimate of drug-likeness (QED) is 0.764. The van der Waals surface area contributed by atoms with E-state index in [0.29, 0.717) is 13.0 Å². The number of carbonyl (C=O) groups is 1. The molecule has 2 aliphatic rings. The van der Waals surface area contributed by atoms with Crippen LogP contribution >= 0.6 is 0 Å². The van der Waals surface area contributed by atoms with Crippen molar-refractivity contribution in [3.05, 3.63) is 36.4 Å². The maximum absolute atomic E-state index is 11.9. The molecule has 2 heterocycles. The molecular formula is C14H15NO3. The van der Waals surface area contributed by atoms with Crippen LogP contribution in [0.2, 0.25) is 0 Å². The zero-order valence-corrected chi connectivity index (χ0v) is 10.1. The number of hydrogen-bond donors (Lipinski definition) is 0. The topological polar surface area (TPSA) is 38.8 Å². The van der Waals surface area contributed by atoms with Gasteiger partial charge in [-0.25, -0.2) is 0 Å². The van der Waals surface area contributed by atoms with Crippen molar-refractivity contribution in [3.8, 4) is 11.5 Å². The monoisotopic (exact) mass is 245 g/mol. The van der Waals surface area contributed by atoms with Gasteiger partial charge in [0.1, 0.15) is 0 Å². The van der Waals surface area contributed by atoms with Crippen molar-refractivity contribution in [1.29, 1.82) is 0 Å². The lowest BCUT2D eigenvalue weighted by atomic mass is 10.1. The fourth-order valence-corrected chi connectivity index (χ4v) is 2.43. The third-order valence-corrected chi connectivity index (χ3v) is 3.42. The summed E-state index contributed by atoms with van der Waals surface area (Å²) in [5, 5.41) is 0. The summed E-state index contributed by atoms with van der Waals surface area (Å²) in [6, 6.07) is 5.78. The van der Waals surface area contributed by atoms with E-state index in [9.17, 15) is 4.79 Å². The average molecular weight is 245 g/mol. The van der Waals surface area contributed by atoms with Crippen LogP contribution in [-0.4, -0.2) is 24.1 Å². The molecule has 0 N–H and O–H groups in total. The Balaban J connectivity index is 1.79. The first-order valence-electron chi connectivity index (χ1n) is 6.05. The molecule has 1 saturated heterocycles. The van der Waals surface area contributed by atoms with E-state index in [-0.39, 0.29) is 18.6 Å². The van der Waals surface area contributed by atoms with E-state index in [2.05, 4.69) is 6.58 Å². The molecule has 1 amide bonds. The van der Waals surface area contributed by atoms with Gasteiger partial charge in [-0.05, 0) is 6.07 Å². The Bertz CT molecular complexity index is 498. The van der Waals surface area contributed by atoms with Gasteiger partial charge in [0.05, 0.1) is 0 Å². The van der Waals surface area contributed by atoms with Crippen LogP contribution in [0.15, 0.2) is 30.9 Å². The Hall–Kier alpha value is -1.97. The van der Waals surface area contributed by atoms with E-state index in [1.807, 2.05) is 29.2 Å². The molecule has 3 rings (SSSR count). The minimum atomic E-state index is 0.177. The smallest absolute Gasteiger partial charge is 0.231 e. The Morgan fingerprint density at radius 1 is 1.44 bits per heavy atom. The van der Waals surface area contributed by atoms with Crippen LogP contribution in [0.3, 0.4) is 0 Å². The van der Waals surface area contributed by atoms with Crippen molar-refractivity contribution in [2.45, 2.75) is 13.0 Å². The van der Waals surface area contributed by atoms with Crippen LogP contribution in [0.25, 0.3) is 0 Å². The van der Waals surface area contributed by atoms with Crippen LogP contribution in [0.5, 0.6) is 11.5 Å². The zero-order valence-electron chi connectivity index (χ0n) is 10.1. The minimum Gasteiger partial charge on any atom is -0.454 e. The van der Waals surface area contributed by atoms with Crippen molar-refractivity contribution in [2.24, 2.45) is 5.92 Å². The van der Waals surface area contributed by atoms with Gasteiger partial charge in [-0.3, -0.25) is 4.79 Å². The van der Waals surface area contributed by atoms with E-state index in [1.54, 1.807) is 0 Å². The SMILES string of the molecule is C=CC1CC(=O)N(Cc2cccc3c2OCO3)C1. The van der Waals surface area contributed by atoms with Crippen molar-refractivity contribution < 1.29 is 14.3 Å². The van der Waals surface area contributed by atoms with Gasteiger partial charge >= 0.3 is 0 Å². The minimum absolute atomic E-state index is 0.177. The standard InChI is InChI=1S/C14H15NO3/c1-2-10-6-13(16)15(7-10)8-11-4-3-5-12-14(11)18-9-17-12/h2-5,10H,1,6-9H2. The van der Waals surface area contributed by atoms with Crippen molar-refractivity contribution in [3.63, 3.8) is 0 Å². The molecule has 1 aromatic rings. The summed E-state index contributed by atoms with van der Waals surface area (Å²) in [7, 11) is 0. The highest BCUT2D eigenvalue weighted by molar-refractivity contribution is 5.79. The Labute approximate surface area is 106 Å². The molecule has 2 aliphatic heterocycles. The third kappa shape index (κ3) is 1.83. The lowest BCUT2D eigenvalue weighted by Gasteiger charge is -2.17. The van der Waals surface area contributed by atoms with Crippen molar-refractivity contribution in [1.82, 2.24) is 4.90 Å². The number of rotatable bonds is 3. The fraction of sp³-hybridized carbons (Fsp3) is 0.357. The molecule has 1 unspecified atom stereocenters. The summed E-state index contributed by atoms with van der Waals surface area (Å²) in [5.41, 5.74) is 1.00. The second kappa shape index (κ2) is 4.37. The molecule has 0 aromatic heterocycles. The molecule has 18 heavy (non-hydrogen) atoms. The Morgan fingerprint density at radius 2 is 2.33 bits per heavy atom.